The van der Waals surface area contributed by atoms with Crippen LogP contribution in [0.25, 0.3) is 0 Å². The molecule has 0 unspecified atom stereocenters. The van der Waals surface area contributed by atoms with Crippen molar-refractivity contribution in [3.63, 3.8) is 0 Å². The summed E-state index contributed by atoms with van der Waals surface area (Å²) in [5.41, 5.74) is 0. The normalized spacial score (nSPS) is 8.20. The van der Waals surface area contributed by atoms with Crippen molar-refractivity contribution in [2.24, 2.45) is 0 Å². The van der Waals surface area contributed by atoms with Crippen molar-refractivity contribution in [3.05, 3.63) is 15.3 Å². The molecule has 0 aromatic heterocycles. The van der Waals surface area contributed by atoms with E-state index in [1.807, 2.05) is 0 Å². The van der Waals surface area contributed by atoms with Crippen LogP contribution in [-0.4, -0.2) is 22.6 Å². The molecule has 0 saturated heterocycles. The molecule has 0 N–H and O–H groups in total. The summed E-state index contributed by atoms with van der Waals surface area (Å²) in [5.74, 6) is 0. The fraction of sp³-hybridized carbons (Fsp3) is 0. The number of nitrogens with zero attached hydrogens (tertiary/aromatic N) is 1. The van der Waals surface area contributed by atoms with Crippen LogP contribution in [0.4, 0.5) is 0 Å². The van der Waals surface area contributed by atoms with Gasteiger partial charge >= 0.3 is 17.1 Å². The first kappa shape index (κ1) is 16.3. The summed E-state index contributed by atoms with van der Waals surface area (Å²) in [7, 11) is -5.17. The van der Waals surface area contributed by atoms with Gasteiger partial charge in [-0.2, -0.15) is 0 Å². The average Bonchev–Trinajstić information content (AvgIpc) is 1.19. The second kappa shape index (κ2) is 6.71. The number of hydrogen-bond acceptors (Lipinski definition) is 7. The summed E-state index contributed by atoms with van der Waals surface area (Å²) >= 11 is 0. The van der Waals surface area contributed by atoms with Crippen LogP contribution >= 0.6 is 0 Å². The van der Waals surface area contributed by atoms with Gasteiger partial charge in [-0.15, -0.1) is 0 Å². The molecule has 10 heteroatoms. The Morgan fingerprint density at radius 3 is 1.10 bits per heavy atom. The molecule has 0 spiro atoms. The van der Waals surface area contributed by atoms with Gasteiger partial charge in [-0.05, 0) is 0 Å². The fourth-order valence-corrected chi connectivity index (χ4v) is 0. The van der Waals surface area contributed by atoms with E-state index in [2.05, 4.69) is 0 Å². The third-order valence-electron chi connectivity index (χ3n) is 0. The van der Waals surface area contributed by atoms with E-state index in [9.17, 15) is 0 Å². The molecule has 0 aromatic carbocycles. The van der Waals surface area contributed by atoms with Gasteiger partial charge in [0.15, 0.2) is 0 Å². The summed E-state index contributed by atoms with van der Waals surface area (Å²) in [4.78, 5) is 8.25. The Kier molecular flexibility index (Phi) is 10.9. The average molecular weight is 222 g/mol. The Morgan fingerprint density at radius 2 is 1.10 bits per heavy atom. The predicted octanol–water partition coefficient (Wildman–Crippen LogP) is -1.58. The van der Waals surface area contributed by atoms with E-state index < -0.39 is 15.5 Å². The molecule has 10 heavy (non-hydrogen) atoms. The molecule has 0 aliphatic carbocycles. The molecule has 0 atom stereocenters. The van der Waals surface area contributed by atoms with Crippen LogP contribution in [0.1, 0.15) is 0 Å². The molecular weight excluding hydrogens is 222 g/mol. The second-order valence-corrected chi connectivity index (χ2v) is 1.45. The van der Waals surface area contributed by atoms with E-state index in [-0.39, 0.29) is 17.1 Å². The van der Waals surface area contributed by atoms with Gasteiger partial charge in [0.05, 0.1) is 5.09 Å². The van der Waals surface area contributed by atoms with E-state index in [1.54, 1.807) is 0 Å². The zero-order chi connectivity index (χ0) is 8.08. The molecule has 0 bridgehead atoms. The van der Waals surface area contributed by atoms with Crippen molar-refractivity contribution in [3.8, 4) is 0 Å². The van der Waals surface area contributed by atoms with Gasteiger partial charge in [0.25, 0.3) is 0 Å². The van der Waals surface area contributed by atoms with Crippen LogP contribution in [0.5, 0.6) is 0 Å². The first-order chi connectivity index (χ1) is 3.73. The van der Waals surface area contributed by atoms with Crippen molar-refractivity contribution < 1.29 is 39.7 Å². The van der Waals surface area contributed by atoms with Gasteiger partial charge in [-0.3, -0.25) is 8.42 Å². The van der Waals surface area contributed by atoms with Gasteiger partial charge in [0.1, 0.15) is 0 Å². The number of hydrogen-bond donors (Lipinski definition) is 0. The van der Waals surface area contributed by atoms with Gasteiger partial charge in [-0.1, -0.05) is 0 Å². The minimum Gasteiger partial charge on any atom is -0.759 e. The van der Waals surface area contributed by atoms with Crippen molar-refractivity contribution >= 4 is 10.4 Å². The Balaban J connectivity index is -0.0000000910. The van der Waals surface area contributed by atoms with E-state index >= 15 is 0 Å². The zero-order valence-corrected chi connectivity index (χ0v) is 5.77. The third kappa shape index (κ3) is 1960. The van der Waals surface area contributed by atoms with E-state index in [0.29, 0.717) is 0 Å². The van der Waals surface area contributed by atoms with Crippen molar-refractivity contribution in [1.82, 2.24) is 0 Å². The minimum absolute atomic E-state index is 0. The molecule has 0 radical (unpaired) electrons. The summed E-state index contributed by atoms with van der Waals surface area (Å²) in [6.07, 6.45) is 0. The van der Waals surface area contributed by atoms with Crippen LogP contribution in [-0.2, 0) is 27.5 Å². The number of rotatable bonds is 0. The summed E-state index contributed by atoms with van der Waals surface area (Å²) in [6.45, 7) is 0. The SMILES string of the molecule is O=S(=O)([O-])[O-].O=[N+]([O-])[O-].[Cu+3]. The first-order valence-electron chi connectivity index (χ1n) is 1.21. The maximum absolute atomic E-state index is 8.52. The predicted molar refractivity (Wildman–Crippen MR) is 20.8 cm³/mol. The smallest absolute Gasteiger partial charge is 0.759 e. The van der Waals surface area contributed by atoms with Crippen LogP contribution in [0.2, 0.25) is 0 Å². The van der Waals surface area contributed by atoms with E-state index in [1.165, 1.54) is 0 Å². The van der Waals surface area contributed by atoms with Crippen LogP contribution in [0, 0.1) is 15.3 Å². The zero-order valence-electron chi connectivity index (χ0n) is 4.01. The standard InChI is InChI=1S/Cu.NO3.H2O4S/c;2-1(3)4;1-5(2,3)4/h;;(H2,1,2,3,4)/q+3;-1;/p-2. The molecule has 64 valence electrons. The van der Waals surface area contributed by atoms with Crippen LogP contribution in [0.3, 0.4) is 0 Å². The molecule has 0 saturated carbocycles. The maximum atomic E-state index is 8.52. The maximum Gasteiger partial charge on any atom is 3.00 e. The monoisotopic (exact) mass is 221 g/mol. The molecule has 0 aromatic rings. The quantitative estimate of drug-likeness (QED) is 0.158. The topological polar surface area (TPSA) is 146 Å². The van der Waals surface area contributed by atoms with Crippen molar-refractivity contribution in [2.75, 3.05) is 0 Å². The molecule has 0 heterocycles. The summed E-state index contributed by atoms with van der Waals surface area (Å²) in [5, 5.41) is 14.8. The summed E-state index contributed by atoms with van der Waals surface area (Å²) in [6, 6.07) is 0. The Bertz CT molecular complexity index is 156. The fourth-order valence-electron chi connectivity index (χ4n) is 0. The van der Waals surface area contributed by atoms with Crippen LogP contribution < -0.4 is 0 Å². The largest absolute Gasteiger partial charge is 3.00 e. The second-order valence-electron chi connectivity index (χ2n) is 0.632. The molecule has 8 nitrogen and oxygen atoms in total. The first-order valence-corrected chi connectivity index (χ1v) is 2.55. The van der Waals surface area contributed by atoms with E-state index in [4.69, 9.17) is 32.8 Å². The molecule has 0 rings (SSSR count). The molecule has 0 fully saturated rings. The Labute approximate surface area is 66.0 Å². The Hall–Kier alpha value is -0.411. The Morgan fingerprint density at radius 1 is 1.10 bits per heavy atom. The molecule has 0 aliphatic rings. The van der Waals surface area contributed by atoms with Gasteiger partial charge in [-0.25, -0.2) is 0 Å². The van der Waals surface area contributed by atoms with E-state index in [0.717, 1.165) is 0 Å². The molecule has 0 aliphatic heterocycles. The third-order valence-corrected chi connectivity index (χ3v) is 0. The van der Waals surface area contributed by atoms with Crippen molar-refractivity contribution in [2.45, 2.75) is 0 Å². The van der Waals surface area contributed by atoms with Crippen molar-refractivity contribution in [1.29, 1.82) is 0 Å². The van der Waals surface area contributed by atoms with Gasteiger partial charge < -0.3 is 24.4 Å². The van der Waals surface area contributed by atoms with Gasteiger partial charge in [0.2, 0.25) is 0 Å². The van der Waals surface area contributed by atoms with Gasteiger partial charge in [0, 0.05) is 10.4 Å². The van der Waals surface area contributed by atoms with Crippen LogP contribution in [0.15, 0.2) is 0 Å². The minimum atomic E-state index is -5.17. The molecule has 0 amide bonds. The summed E-state index contributed by atoms with van der Waals surface area (Å²) < 4.78 is 34.1. The molecular formula is CuNO7S.